The normalized spacial score (nSPS) is 27.5. The van der Waals surface area contributed by atoms with Crippen LogP contribution in [0.5, 0.6) is 0 Å². The smallest absolute Gasteiger partial charge is 0.0595 e. The minimum absolute atomic E-state index is 0.534. The van der Waals surface area contributed by atoms with E-state index in [1.807, 2.05) is 12.1 Å². The van der Waals surface area contributed by atoms with Crippen LogP contribution in [0.25, 0.3) is 0 Å². The molecule has 2 fully saturated rings. The van der Waals surface area contributed by atoms with E-state index in [1.54, 1.807) is 0 Å². The van der Waals surface area contributed by atoms with Crippen molar-refractivity contribution in [2.75, 3.05) is 13.2 Å². The number of rotatable bonds is 4. The molecular formula is C15H19Cl2NO. The maximum atomic E-state index is 6.08. The summed E-state index contributed by atoms with van der Waals surface area (Å²) in [6, 6.07) is 7.26. The van der Waals surface area contributed by atoms with E-state index in [0.29, 0.717) is 22.0 Å². The van der Waals surface area contributed by atoms with E-state index in [1.165, 1.54) is 18.4 Å². The summed E-state index contributed by atoms with van der Waals surface area (Å²) < 4.78 is 5.64. The highest BCUT2D eigenvalue weighted by Gasteiger charge is 2.31. The van der Waals surface area contributed by atoms with Gasteiger partial charge in [-0.15, -0.1) is 0 Å². The van der Waals surface area contributed by atoms with Gasteiger partial charge in [0, 0.05) is 24.6 Å². The summed E-state index contributed by atoms with van der Waals surface area (Å²) in [6.45, 7) is 1.72. The zero-order chi connectivity index (χ0) is 13.2. The van der Waals surface area contributed by atoms with Crippen molar-refractivity contribution >= 4 is 23.2 Å². The lowest BCUT2D eigenvalue weighted by molar-refractivity contribution is 0.0316. The highest BCUT2D eigenvalue weighted by Crippen LogP contribution is 2.28. The van der Waals surface area contributed by atoms with Crippen LogP contribution in [0.2, 0.25) is 10.0 Å². The Morgan fingerprint density at radius 2 is 2.00 bits per heavy atom. The molecule has 19 heavy (non-hydrogen) atoms. The molecule has 4 heteroatoms. The van der Waals surface area contributed by atoms with Gasteiger partial charge in [-0.2, -0.15) is 0 Å². The van der Waals surface area contributed by atoms with Gasteiger partial charge >= 0.3 is 0 Å². The molecule has 1 saturated carbocycles. The molecule has 2 aliphatic rings. The lowest BCUT2D eigenvalue weighted by Gasteiger charge is -2.32. The standard InChI is InChI=1S/C15H19Cl2NO/c16-13-4-1-10(8-14(13)17)7-11-9-19-6-5-15(11)18-12-2-3-12/h1,4,8,11-12,15,18H,2-3,5-7,9H2/t11-,15-/m0/s1. The zero-order valence-electron chi connectivity index (χ0n) is 10.9. The summed E-state index contributed by atoms with van der Waals surface area (Å²) in [7, 11) is 0. The quantitative estimate of drug-likeness (QED) is 0.915. The zero-order valence-corrected chi connectivity index (χ0v) is 12.4. The molecule has 0 bridgehead atoms. The molecule has 2 nitrogen and oxygen atoms in total. The molecule has 1 heterocycles. The summed E-state index contributed by atoms with van der Waals surface area (Å²) in [5.41, 5.74) is 1.24. The van der Waals surface area contributed by atoms with Gasteiger partial charge in [0.05, 0.1) is 16.7 Å². The molecule has 0 aromatic heterocycles. The molecule has 0 spiro atoms. The van der Waals surface area contributed by atoms with Crippen LogP contribution in [0, 0.1) is 5.92 Å². The fourth-order valence-electron chi connectivity index (χ4n) is 2.74. The number of ether oxygens (including phenoxy) is 1. The van der Waals surface area contributed by atoms with Crippen LogP contribution < -0.4 is 5.32 Å². The topological polar surface area (TPSA) is 21.3 Å². The lowest BCUT2D eigenvalue weighted by atomic mass is 9.89. The number of hydrogen-bond donors (Lipinski definition) is 1. The first-order valence-corrected chi connectivity index (χ1v) is 7.75. The van der Waals surface area contributed by atoms with Crippen molar-refractivity contribution in [3.63, 3.8) is 0 Å². The second-order valence-electron chi connectivity index (χ2n) is 5.62. The average Bonchev–Trinajstić information content (AvgIpc) is 3.20. The van der Waals surface area contributed by atoms with Crippen LogP contribution in [0.3, 0.4) is 0 Å². The third-order valence-corrected chi connectivity index (χ3v) is 4.72. The second kappa shape index (κ2) is 6.01. The Hall–Kier alpha value is -0.280. The molecule has 1 aliphatic heterocycles. The van der Waals surface area contributed by atoms with Gasteiger partial charge in [0.1, 0.15) is 0 Å². The van der Waals surface area contributed by atoms with Crippen molar-refractivity contribution in [1.29, 1.82) is 0 Å². The van der Waals surface area contributed by atoms with Gasteiger partial charge < -0.3 is 10.1 Å². The van der Waals surface area contributed by atoms with Crippen LogP contribution in [-0.4, -0.2) is 25.3 Å². The molecule has 3 rings (SSSR count). The summed E-state index contributed by atoms with van der Waals surface area (Å²) >= 11 is 12.0. The molecule has 2 atom stereocenters. The Kier molecular flexibility index (Phi) is 4.33. The predicted octanol–water partition coefficient (Wildman–Crippen LogP) is 3.69. The van der Waals surface area contributed by atoms with Gasteiger partial charge in [0.2, 0.25) is 0 Å². The van der Waals surface area contributed by atoms with Crippen molar-refractivity contribution < 1.29 is 4.74 Å². The van der Waals surface area contributed by atoms with Crippen molar-refractivity contribution in [2.45, 2.75) is 37.8 Å². The van der Waals surface area contributed by atoms with Gasteiger partial charge in [-0.3, -0.25) is 0 Å². The van der Waals surface area contributed by atoms with E-state index >= 15 is 0 Å². The van der Waals surface area contributed by atoms with Gasteiger partial charge in [-0.25, -0.2) is 0 Å². The van der Waals surface area contributed by atoms with E-state index in [9.17, 15) is 0 Å². The fourth-order valence-corrected chi connectivity index (χ4v) is 3.06. The first kappa shape index (κ1) is 13.7. The highest BCUT2D eigenvalue weighted by atomic mass is 35.5. The molecule has 1 N–H and O–H groups in total. The highest BCUT2D eigenvalue weighted by molar-refractivity contribution is 6.42. The lowest BCUT2D eigenvalue weighted by Crippen LogP contribution is -2.44. The SMILES string of the molecule is Clc1ccc(C[C@H]2COCC[C@@H]2NC2CC2)cc1Cl. The van der Waals surface area contributed by atoms with Crippen LogP contribution in [0.1, 0.15) is 24.8 Å². The average molecular weight is 300 g/mol. The molecule has 0 amide bonds. The second-order valence-corrected chi connectivity index (χ2v) is 6.44. The van der Waals surface area contributed by atoms with Crippen LogP contribution >= 0.6 is 23.2 Å². The fraction of sp³-hybridized carbons (Fsp3) is 0.600. The van der Waals surface area contributed by atoms with Crippen LogP contribution in [-0.2, 0) is 11.2 Å². The number of nitrogens with one attached hydrogen (secondary N) is 1. The van der Waals surface area contributed by atoms with E-state index in [4.69, 9.17) is 27.9 Å². The predicted molar refractivity (Wildman–Crippen MR) is 79.0 cm³/mol. The van der Waals surface area contributed by atoms with E-state index < -0.39 is 0 Å². The largest absolute Gasteiger partial charge is 0.381 e. The molecule has 0 radical (unpaired) electrons. The molecule has 1 aliphatic carbocycles. The van der Waals surface area contributed by atoms with E-state index in [0.717, 1.165) is 32.1 Å². The Morgan fingerprint density at radius 3 is 2.74 bits per heavy atom. The molecule has 0 unspecified atom stereocenters. The Morgan fingerprint density at radius 1 is 1.16 bits per heavy atom. The van der Waals surface area contributed by atoms with E-state index in [-0.39, 0.29) is 0 Å². The molecular weight excluding hydrogens is 281 g/mol. The third-order valence-electron chi connectivity index (χ3n) is 3.98. The van der Waals surface area contributed by atoms with Crippen molar-refractivity contribution in [1.82, 2.24) is 5.32 Å². The van der Waals surface area contributed by atoms with Crippen molar-refractivity contribution in [3.8, 4) is 0 Å². The van der Waals surface area contributed by atoms with Crippen LogP contribution in [0.4, 0.5) is 0 Å². The Balaban J connectivity index is 1.66. The maximum Gasteiger partial charge on any atom is 0.0595 e. The third kappa shape index (κ3) is 3.63. The van der Waals surface area contributed by atoms with Crippen LogP contribution in [0.15, 0.2) is 18.2 Å². The minimum Gasteiger partial charge on any atom is -0.381 e. The molecule has 1 saturated heterocycles. The molecule has 104 valence electrons. The molecule has 1 aromatic carbocycles. The Labute approximate surface area is 124 Å². The Bertz CT molecular complexity index is 448. The summed E-state index contributed by atoms with van der Waals surface area (Å²) in [5, 5.41) is 5.01. The minimum atomic E-state index is 0.534. The number of hydrogen-bond acceptors (Lipinski definition) is 2. The van der Waals surface area contributed by atoms with Crippen molar-refractivity contribution in [2.24, 2.45) is 5.92 Å². The van der Waals surface area contributed by atoms with Gasteiger partial charge in [0.15, 0.2) is 0 Å². The monoisotopic (exact) mass is 299 g/mol. The van der Waals surface area contributed by atoms with Gasteiger partial charge in [-0.1, -0.05) is 29.3 Å². The number of halogens is 2. The summed E-state index contributed by atoms with van der Waals surface area (Å²) in [4.78, 5) is 0. The summed E-state index contributed by atoms with van der Waals surface area (Å²) in [5.74, 6) is 0.534. The van der Waals surface area contributed by atoms with Gasteiger partial charge in [-0.05, 0) is 43.4 Å². The first-order valence-electron chi connectivity index (χ1n) is 7.00. The first-order chi connectivity index (χ1) is 9.22. The number of benzene rings is 1. The van der Waals surface area contributed by atoms with Crippen molar-refractivity contribution in [3.05, 3.63) is 33.8 Å². The van der Waals surface area contributed by atoms with Gasteiger partial charge in [0.25, 0.3) is 0 Å². The summed E-state index contributed by atoms with van der Waals surface area (Å²) in [6.07, 6.45) is 4.78. The maximum absolute atomic E-state index is 6.08. The molecule has 1 aromatic rings. The van der Waals surface area contributed by atoms with E-state index in [2.05, 4.69) is 11.4 Å².